The van der Waals surface area contributed by atoms with Gasteiger partial charge in [-0.25, -0.2) is 0 Å². The van der Waals surface area contributed by atoms with Crippen molar-refractivity contribution < 1.29 is 0 Å². The summed E-state index contributed by atoms with van der Waals surface area (Å²) < 4.78 is 5.42. The first-order valence-corrected chi connectivity index (χ1v) is 20.1. The van der Waals surface area contributed by atoms with Crippen molar-refractivity contribution in [3.05, 3.63) is 182 Å². The van der Waals surface area contributed by atoms with E-state index in [9.17, 15) is 0 Å². The van der Waals surface area contributed by atoms with Crippen LogP contribution in [0.3, 0.4) is 0 Å². The third kappa shape index (κ3) is 4.36. The average molecular weight is 719 g/mol. The molecule has 0 saturated heterocycles. The van der Waals surface area contributed by atoms with Crippen LogP contribution in [-0.2, 0) is 0 Å². The maximum atomic E-state index is 2.40. The molecule has 0 aliphatic heterocycles. The fourth-order valence-electron chi connectivity index (χ4n) is 9.04. The molecule has 2 heteroatoms. The highest BCUT2D eigenvalue weighted by atomic mass is 32.1. The Labute approximate surface area is 319 Å². The lowest BCUT2D eigenvalue weighted by atomic mass is 9.84. The number of thiophene rings is 2. The molecule has 2 aromatic heterocycles. The molecule has 10 aromatic carbocycles. The number of hydrogen-bond donors (Lipinski definition) is 0. The molecular weight excluding hydrogens is 689 g/mol. The lowest BCUT2D eigenvalue weighted by molar-refractivity contribution is 1.64. The second kappa shape index (κ2) is 11.6. The average Bonchev–Trinajstić information content (AvgIpc) is 3.81. The Bertz CT molecular complexity index is 3430. The molecule has 12 rings (SSSR count). The van der Waals surface area contributed by atoms with Gasteiger partial charge in [0.1, 0.15) is 0 Å². The number of hydrogen-bond acceptors (Lipinski definition) is 2. The molecule has 0 bridgehead atoms. The van der Waals surface area contributed by atoms with E-state index in [0.29, 0.717) is 0 Å². The van der Waals surface area contributed by atoms with E-state index in [-0.39, 0.29) is 0 Å². The SMILES string of the molecule is c1ccc2c(-c3c4ccccc4c(-c4ccc(-c5ccc6c(c5)sc5ccc7ccc8c9ccccc9sc8c7c56)cc4)c4ccccc34)cccc2c1. The van der Waals surface area contributed by atoms with E-state index < -0.39 is 0 Å². The summed E-state index contributed by atoms with van der Waals surface area (Å²) in [6.45, 7) is 0. The summed E-state index contributed by atoms with van der Waals surface area (Å²) in [6.07, 6.45) is 0. The van der Waals surface area contributed by atoms with E-state index in [1.165, 1.54) is 117 Å². The predicted octanol–water partition coefficient (Wildman–Crippen LogP) is 16.0. The zero-order valence-corrected chi connectivity index (χ0v) is 30.8. The Morgan fingerprint density at radius 3 is 1.65 bits per heavy atom. The Morgan fingerprint density at radius 1 is 0.278 bits per heavy atom. The van der Waals surface area contributed by atoms with Crippen molar-refractivity contribution >= 4 is 106 Å². The van der Waals surface area contributed by atoms with Crippen LogP contribution in [0.1, 0.15) is 0 Å². The quantitative estimate of drug-likeness (QED) is 0.160. The molecule has 0 fully saturated rings. The summed E-state index contributed by atoms with van der Waals surface area (Å²) in [5.74, 6) is 0. The molecule has 12 aromatic rings. The third-order valence-corrected chi connectivity index (χ3v) is 13.8. The van der Waals surface area contributed by atoms with Crippen molar-refractivity contribution in [3.63, 3.8) is 0 Å². The Kier molecular flexibility index (Phi) is 6.48. The van der Waals surface area contributed by atoms with Gasteiger partial charge in [-0.3, -0.25) is 0 Å². The maximum Gasteiger partial charge on any atom is 0.0440 e. The summed E-state index contributed by atoms with van der Waals surface area (Å²) in [7, 11) is 0. The summed E-state index contributed by atoms with van der Waals surface area (Å²) in [6, 6.07) is 67.7. The summed E-state index contributed by atoms with van der Waals surface area (Å²) >= 11 is 3.83. The van der Waals surface area contributed by atoms with E-state index in [4.69, 9.17) is 0 Å². The molecule has 0 unspecified atom stereocenters. The van der Waals surface area contributed by atoms with Gasteiger partial charge in [-0.2, -0.15) is 0 Å². The van der Waals surface area contributed by atoms with Crippen molar-refractivity contribution in [1.29, 1.82) is 0 Å². The van der Waals surface area contributed by atoms with Crippen LogP contribution < -0.4 is 0 Å². The van der Waals surface area contributed by atoms with Gasteiger partial charge in [0.25, 0.3) is 0 Å². The second-order valence-electron chi connectivity index (χ2n) is 14.3. The lowest BCUT2D eigenvalue weighted by Gasteiger charge is -2.19. The molecule has 0 amide bonds. The van der Waals surface area contributed by atoms with Crippen LogP contribution in [0.2, 0.25) is 0 Å². The normalized spacial score (nSPS) is 12.1. The fraction of sp³-hybridized carbons (Fsp3) is 0. The molecule has 2 heterocycles. The zero-order chi connectivity index (χ0) is 35.3. The number of rotatable bonds is 3. The molecule has 0 aliphatic rings. The molecule has 250 valence electrons. The molecule has 0 atom stereocenters. The van der Waals surface area contributed by atoms with Gasteiger partial charge in [-0.15, -0.1) is 22.7 Å². The zero-order valence-electron chi connectivity index (χ0n) is 29.1. The van der Waals surface area contributed by atoms with Gasteiger partial charge < -0.3 is 0 Å². The summed E-state index contributed by atoms with van der Waals surface area (Å²) in [4.78, 5) is 0. The van der Waals surface area contributed by atoms with Gasteiger partial charge in [0.05, 0.1) is 0 Å². The third-order valence-electron chi connectivity index (χ3n) is 11.5. The first-order valence-electron chi connectivity index (χ1n) is 18.5. The standard InChI is InChI=1S/C52H30S2/c1-2-12-36-32(10-1)11-9-18-38(36)50-41-16-5-3-14-39(41)48(40-15-4-6-17-42(40)50)33-22-20-31(21-23-33)35-25-28-44-47(30-35)53-46-29-26-34-24-27-43-37-13-7-8-19-45(37)54-52(43)49(34)51(44)46/h1-30H. The fourth-order valence-corrected chi connectivity index (χ4v) is 11.5. The van der Waals surface area contributed by atoms with Crippen molar-refractivity contribution in [2.24, 2.45) is 0 Å². The molecule has 0 N–H and O–H groups in total. The molecule has 0 nitrogen and oxygen atoms in total. The summed E-state index contributed by atoms with van der Waals surface area (Å²) in [5, 5.41) is 15.8. The van der Waals surface area contributed by atoms with Gasteiger partial charge in [0.15, 0.2) is 0 Å². The minimum Gasteiger partial charge on any atom is -0.135 e. The van der Waals surface area contributed by atoms with Crippen molar-refractivity contribution in [1.82, 2.24) is 0 Å². The van der Waals surface area contributed by atoms with Gasteiger partial charge in [-0.1, -0.05) is 164 Å². The Balaban J connectivity index is 1.01. The van der Waals surface area contributed by atoms with E-state index >= 15 is 0 Å². The first-order chi connectivity index (χ1) is 26.8. The van der Waals surface area contributed by atoms with E-state index in [0.717, 1.165) is 0 Å². The van der Waals surface area contributed by atoms with Crippen molar-refractivity contribution in [2.45, 2.75) is 0 Å². The van der Waals surface area contributed by atoms with E-state index in [2.05, 4.69) is 182 Å². The molecule has 54 heavy (non-hydrogen) atoms. The minimum atomic E-state index is 1.23. The van der Waals surface area contributed by atoms with Gasteiger partial charge in [-0.05, 0) is 89.3 Å². The molecule has 0 saturated carbocycles. The summed E-state index contributed by atoms with van der Waals surface area (Å²) in [5.41, 5.74) is 7.58. The Hall–Kier alpha value is -6.32. The van der Waals surface area contributed by atoms with Crippen LogP contribution in [0.15, 0.2) is 182 Å². The van der Waals surface area contributed by atoms with Crippen molar-refractivity contribution in [2.75, 3.05) is 0 Å². The monoisotopic (exact) mass is 718 g/mol. The van der Waals surface area contributed by atoms with Gasteiger partial charge in [0, 0.05) is 45.7 Å². The van der Waals surface area contributed by atoms with Crippen LogP contribution in [-0.4, -0.2) is 0 Å². The highest BCUT2D eigenvalue weighted by Crippen LogP contribution is 2.48. The van der Waals surface area contributed by atoms with Gasteiger partial charge in [0.2, 0.25) is 0 Å². The largest absolute Gasteiger partial charge is 0.135 e. The smallest absolute Gasteiger partial charge is 0.0440 e. The van der Waals surface area contributed by atoms with E-state index in [1.807, 2.05) is 22.7 Å². The van der Waals surface area contributed by atoms with Crippen LogP contribution in [0, 0.1) is 0 Å². The maximum absolute atomic E-state index is 2.40. The van der Waals surface area contributed by atoms with Crippen LogP contribution in [0.25, 0.3) is 117 Å². The number of fused-ring (bicyclic) bond motifs is 12. The molecule has 0 aliphatic carbocycles. The minimum absolute atomic E-state index is 1.23. The Morgan fingerprint density at radius 2 is 0.870 bits per heavy atom. The molecule has 0 spiro atoms. The van der Waals surface area contributed by atoms with Gasteiger partial charge >= 0.3 is 0 Å². The van der Waals surface area contributed by atoms with Crippen LogP contribution in [0.5, 0.6) is 0 Å². The molecular formula is C52H30S2. The number of benzene rings is 10. The van der Waals surface area contributed by atoms with Crippen molar-refractivity contribution in [3.8, 4) is 33.4 Å². The van der Waals surface area contributed by atoms with Crippen LogP contribution in [0.4, 0.5) is 0 Å². The van der Waals surface area contributed by atoms with E-state index in [1.54, 1.807) is 0 Å². The molecule has 0 radical (unpaired) electrons. The van der Waals surface area contributed by atoms with Crippen LogP contribution >= 0.6 is 22.7 Å². The first kappa shape index (κ1) is 30.2. The predicted molar refractivity (Wildman–Crippen MR) is 239 cm³/mol. The second-order valence-corrected chi connectivity index (χ2v) is 16.5. The topological polar surface area (TPSA) is 0 Å². The highest BCUT2D eigenvalue weighted by Gasteiger charge is 2.19. The lowest BCUT2D eigenvalue weighted by Crippen LogP contribution is -1.91. The highest BCUT2D eigenvalue weighted by molar-refractivity contribution is 7.28.